The average molecular weight is 250 g/mol. The van der Waals surface area contributed by atoms with E-state index in [-0.39, 0.29) is 5.56 Å². The average Bonchev–Trinajstić information content (AvgIpc) is 2.33. The van der Waals surface area contributed by atoms with Crippen molar-refractivity contribution in [2.75, 3.05) is 11.9 Å². The predicted molar refractivity (Wildman–Crippen MR) is 72.2 cm³/mol. The molecular formula is C12H18N4O2. The van der Waals surface area contributed by atoms with Gasteiger partial charge in [0.25, 0.3) is 0 Å². The van der Waals surface area contributed by atoms with Gasteiger partial charge < -0.3 is 15.8 Å². The van der Waals surface area contributed by atoms with E-state index in [1.54, 1.807) is 12.1 Å². The second-order valence-corrected chi connectivity index (χ2v) is 4.24. The molecule has 1 aromatic carbocycles. The third-order valence-electron chi connectivity index (χ3n) is 2.22. The monoisotopic (exact) mass is 250 g/mol. The van der Waals surface area contributed by atoms with Gasteiger partial charge in [0.2, 0.25) is 0 Å². The van der Waals surface area contributed by atoms with Gasteiger partial charge in [-0.05, 0) is 24.1 Å². The number of nitrogens with two attached hydrogens (primary N) is 1. The maximum absolute atomic E-state index is 10.9. The summed E-state index contributed by atoms with van der Waals surface area (Å²) in [6.45, 7) is 4.96. The zero-order chi connectivity index (χ0) is 13.5. The third kappa shape index (κ3) is 4.06. The molecule has 5 N–H and O–H groups in total. The summed E-state index contributed by atoms with van der Waals surface area (Å²) in [5.41, 5.74) is 3.79. The highest BCUT2D eigenvalue weighted by Crippen LogP contribution is 2.26. The van der Waals surface area contributed by atoms with Crippen molar-refractivity contribution in [1.29, 1.82) is 0 Å². The molecule has 6 nitrogen and oxygen atoms in total. The van der Waals surface area contributed by atoms with Crippen molar-refractivity contribution in [1.82, 2.24) is 5.43 Å². The number of carbonyl (C=O) groups is 1. The van der Waals surface area contributed by atoms with Gasteiger partial charge in [-0.25, -0.2) is 15.6 Å². The second kappa shape index (κ2) is 6.61. The zero-order valence-corrected chi connectivity index (χ0v) is 10.5. The van der Waals surface area contributed by atoms with E-state index in [0.717, 1.165) is 12.2 Å². The van der Waals surface area contributed by atoms with Gasteiger partial charge >= 0.3 is 5.97 Å². The Labute approximate surface area is 106 Å². The van der Waals surface area contributed by atoms with Gasteiger partial charge in [-0.2, -0.15) is 0 Å². The fourth-order valence-electron chi connectivity index (χ4n) is 1.34. The molecule has 0 spiro atoms. The number of nitrogens with zero attached hydrogens (tertiary/aromatic N) is 1. The topological polar surface area (TPSA) is 99.7 Å². The highest BCUT2D eigenvalue weighted by molar-refractivity contribution is 5.90. The van der Waals surface area contributed by atoms with E-state index in [1.165, 1.54) is 12.4 Å². The largest absolute Gasteiger partial charge is 0.478 e. The summed E-state index contributed by atoms with van der Waals surface area (Å²) in [6.07, 6.45) is 1.31. The molecule has 6 heteroatoms. The number of carboxylic acid groups (broad SMARTS) is 1. The van der Waals surface area contributed by atoms with Crippen LogP contribution < -0.4 is 16.6 Å². The first kappa shape index (κ1) is 14.0. The number of hydrazine groups is 1. The molecule has 1 rings (SSSR count). The molecule has 0 aliphatic rings. The van der Waals surface area contributed by atoms with Crippen molar-refractivity contribution in [2.45, 2.75) is 13.8 Å². The van der Waals surface area contributed by atoms with Crippen molar-refractivity contribution in [3.05, 3.63) is 23.8 Å². The molecule has 0 bridgehead atoms. The van der Waals surface area contributed by atoms with E-state index in [4.69, 9.17) is 10.9 Å². The van der Waals surface area contributed by atoms with E-state index in [2.05, 4.69) is 29.6 Å². The Kier molecular flexibility index (Phi) is 5.13. The number of hydrogen-bond acceptors (Lipinski definition) is 4. The molecule has 0 aliphatic heterocycles. The van der Waals surface area contributed by atoms with Crippen molar-refractivity contribution < 1.29 is 9.90 Å². The molecule has 0 amide bonds. The zero-order valence-electron chi connectivity index (χ0n) is 10.5. The number of nitrogens with one attached hydrogen (secondary N) is 2. The molecular weight excluding hydrogens is 232 g/mol. The van der Waals surface area contributed by atoms with Crippen LogP contribution in [-0.2, 0) is 0 Å². The Balaban J connectivity index is 3.00. The minimum Gasteiger partial charge on any atom is -0.478 e. The van der Waals surface area contributed by atoms with Gasteiger partial charge in [0.15, 0.2) is 0 Å². The summed E-state index contributed by atoms with van der Waals surface area (Å²) in [5.74, 6) is 4.61. The number of anilines is 1. The molecule has 18 heavy (non-hydrogen) atoms. The van der Waals surface area contributed by atoms with Gasteiger partial charge in [0, 0.05) is 6.54 Å². The minimum absolute atomic E-state index is 0.189. The van der Waals surface area contributed by atoms with Crippen LogP contribution in [0, 0.1) is 5.92 Å². The maximum atomic E-state index is 10.9. The molecule has 1 aromatic rings. The molecule has 0 fully saturated rings. The highest BCUT2D eigenvalue weighted by Gasteiger charge is 2.07. The maximum Gasteiger partial charge on any atom is 0.335 e. The fraction of sp³-hybridized carbons (Fsp3) is 0.333. The Bertz CT molecular complexity index is 444. The van der Waals surface area contributed by atoms with E-state index >= 15 is 0 Å². The Hall–Kier alpha value is -2.08. The van der Waals surface area contributed by atoms with E-state index < -0.39 is 5.97 Å². The molecule has 0 heterocycles. The van der Waals surface area contributed by atoms with Gasteiger partial charge in [-0.3, -0.25) is 0 Å². The fourth-order valence-corrected chi connectivity index (χ4v) is 1.34. The number of rotatable bonds is 6. The van der Waals surface area contributed by atoms with Crippen LogP contribution in [0.15, 0.2) is 23.2 Å². The van der Waals surface area contributed by atoms with Crippen LogP contribution in [0.4, 0.5) is 11.4 Å². The number of aromatic carboxylic acids is 1. The summed E-state index contributed by atoms with van der Waals surface area (Å²) < 4.78 is 0. The van der Waals surface area contributed by atoms with Crippen molar-refractivity contribution in [2.24, 2.45) is 16.8 Å². The molecule has 98 valence electrons. The lowest BCUT2D eigenvalue weighted by atomic mass is 10.1. The molecule has 0 unspecified atom stereocenters. The van der Waals surface area contributed by atoms with Gasteiger partial charge in [0.05, 0.1) is 16.9 Å². The molecule has 0 radical (unpaired) electrons. The number of benzene rings is 1. The molecule has 0 aromatic heterocycles. The summed E-state index contributed by atoms with van der Waals surface area (Å²) >= 11 is 0. The highest BCUT2D eigenvalue weighted by atomic mass is 16.4. The first-order valence-electron chi connectivity index (χ1n) is 5.64. The third-order valence-corrected chi connectivity index (χ3v) is 2.22. The van der Waals surface area contributed by atoms with Crippen LogP contribution >= 0.6 is 0 Å². The van der Waals surface area contributed by atoms with E-state index in [9.17, 15) is 4.79 Å². The van der Waals surface area contributed by atoms with Crippen LogP contribution in [0.5, 0.6) is 0 Å². The van der Waals surface area contributed by atoms with Gasteiger partial charge in [-0.1, -0.05) is 13.8 Å². The number of hydrogen-bond donors (Lipinski definition) is 4. The predicted octanol–water partition coefficient (Wildman–Crippen LogP) is 1.58. The van der Waals surface area contributed by atoms with Crippen molar-refractivity contribution in [3.8, 4) is 0 Å². The lowest BCUT2D eigenvalue weighted by Gasteiger charge is -2.11. The normalized spacial score (nSPS) is 10.9. The van der Waals surface area contributed by atoms with Crippen LogP contribution in [0.1, 0.15) is 24.2 Å². The van der Waals surface area contributed by atoms with E-state index in [0.29, 0.717) is 11.6 Å². The minimum atomic E-state index is -0.984. The standard InChI is InChI=1S/C12H18N4O2/c1-8(2)6-14-10-4-3-9(12(17)18)5-11(10)15-7-16-13/h3-5,7-8,14H,6,13H2,1-2H3,(H,15,16)(H,17,18). The quantitative estimate of drug-likeness (QED) is 0.266. The Morgan fingerprint density at radius 1 is 1.56 bits per heavy atom. The lowest BCUT2D eigenvalue weighted by Crippen LogP contribution is -2.18. The van der Waals surface area contributed by atoms with Crippen LogP contribution in [0.3, 0.4) is 0 Å². The smallest absolute Gasteiger partial charge is 0.335 e. The van der Waals surface area contributed by atoms with Crippen LogP contribution in [0.2, 0.25) is 0 Å². The molecule has 0 saturated heterocycles. The number of carboxylic acids is 1. The molecule has 0 saturated carbocycles. The first-order chi connectivity index (χ1) is 8.54. The Morgan fingerprint density at radius 3 is 2.83 bits per heavy atom. The van der Waals surface area contributed by atoms with E-state index in [1.807, 2.05) is 0 Å². The summed E-state index contributed by atoms with van der Waals surface area (Å²) in [5, 5.41) is 12.1. The van der Waals surface area contributed by atoms with Crippen molar-refractivity contribution >= 4 is 23.7 Å². The van der Waals surface area contributed by atoms with Gasteiger partial charge in [-0.15, -0.1) is 0 Å². The van der Waals surface area contributed by atoms with Gasteiger partial charge in [0.1, 0.15) is 6.34 Å². The first-order valence-corrected chi connectivity index (χ1v) is 5.64. The SMILES string of the molecule is CC(C)CNc1ccc(C(=O)O)cc1N=CNN. The lowest BCUT2D eigenvalue weighted by molar-refractivity contribution is 0.0697. The summed E-state index contributed by atoms with van der Waals surface area (Å²) in [6, 6.07) is 4.74. The van der Waals surface area contributed by atoms with Crippen LogP contribution in [-0.4, -0.2) is 24.0 Å². The summed E-state index contributed by atoms with van der Waals surface area (Å²) in [7, 11) is 0. The molecule has 0 atom stereocenters. The summed E-state index contributed by atoms with van der Waals surface area (Å²) in [4.78, 5) is 15.0. The number of aliphatic imine (C=N–C) groups is 1. The van der Waals surface area contributed by atoms with Crippen LogP contribution in [0.25, 0.3) is 0 Å². The molecule has 0 aliphatic carbocycles. The Morgan fingerprint density at radius 2 is 2.28 bits per heavy atom. The second-order valence-electron chi connectivity index (χ2n) is 4.24. The van der Waals surface area contributed by atoms with Crippen molar-refractivity contribution in [3.63, 3.8) is 0 Å².